The molecule has 0 aromatic heterocycles. The first-order chi connectivity index (χ1) is 9.95. The molecule has 3 atom stereocenters. The Bertz CT molecular complexity index is 440. The normalized spacial score (nSPS) is 36.5. The van der Waals surface area contributed by atoms with Crippen LogP contribution in [0.15, 0.2) is 0 Å². The van der Waals surface area contributed by atoms with Crippen molar-refractivity contribution >= 4 is 11.8 Å². The van der Waals surface area contributed by atoms with Gasteiger partial charge in [-0.1, -0.05) is 40.0 Å². The van der Waals surface area contributed by atoms with E-state index in [0.29, 0.717) is 12.3 Å². The molecule has 0 spiro atoms. The molecule has 118 valence electrons. The fourth-order valence-corrected chi connectivity index (χ4v) is 4.21. The molecule has 2 amide bonds. The molecule has 21 heavy (non-hydrogen) atoms. The molecule has 1 aliphatic heterocycles. The van der Waals surface area contributed by atoms with Crippen molar-refractivity contribution in [1.29, 1.82) is 0 Å². The molecule has 0 bridgehead atoms. The van der Waals surface area contributed by atoms with Crippen LogP contribution in [-0.2, 0) is 9.59 Å². The quantitative estimate of drug-likeness (QED) is 0.868. The third kappa shape index (κ3) is 2.58. The number of amides is 2. The number of hydrogen-bond acceptors (Lipinski definition) is 2. The van der Waals surface area contributed by atoms with Gasteiger partial charge >= 0.3 is 0 Å². The van der Waals surface area contributed by atoms with Crippen molar-refractivity contribution in [2.75, 3.05) is 0 Å². The third-order valence-electron chi connectivity index (χ3n) is 5.76. The van der Waals surface area contributed by atoms with E-state index in [2.05, 4.69) is 19.2 Å². The van der Waals surface area contributed by atoms with Crippen LogP contribution in [0.3, 0.4) is 0 Å². The SMILES string of the molecule is CCC1C(=O)NC(C2CCCCC2)C(=O)N1C1CC1(C)C. The molecule has 3 fully saturated rings. The summed E-state index contributed by atoms with van der Waals surface area (Å²) in [6.45, 7) is 6.39. The van der Waals surface area contributed by atoms with Crippen molar-refractivity contribution in [2.45, 2.75) is 83.8 Å². The number of hydrogen-bond donors (Lipinski definition) is 1. The van der Waals surface area contributed by atoms with Crippen LogP contribution < -0.4 is 5.32 Å². The zero-order valence-corrected chi connectivity index (χ0v) is 13.5. The van der Waals surface area contributed by atoms with Crippen LogP contribution in [0, 0.1) is 11.3 Å². The topological polar surface area (TPSA) is 49.4 Å². The number of carbonyl (C=O) groups excluding carboxylic acids is 2. The maximum atomic E-state index is 13.0. The van der Waals surface area contributed by atoms with Gasteiger partial charge in [-0.05, 0) is 37.0 Å². The number of rotatable bonds is 3. The second kappa shape index (κ2) is 5.29. The highest BCUT2D eigenvalue weighted by molar-refractivity contribution is 5.97. The fourth-order valence-electron chi connectivity index (χ4n) is 4.21. The van der Waals surface area contributed by atoms with Crippen molar-refractivity contribution in [2.24, 2.45) is 11.3 Å². The number of nitrogens with one attached hydrogen (secondary N) is 1. The minimum Gasteiger partial charge on any atom is -0.342 e. The monoisotopic (exact) mass is 292 g/mol. The summed E-state index contributed by atoms with van der Waals surface area (Å²) < 4.78 is 0. The molecule has 3 unspecified atom stereocenters. The Morgan fingerprint density at radius 2 is 1.81 bits per heavy atom. The lowest BCUT2D eigenvalue weighted by atomic mass is 9.82. The lowest BCUT2D eigenvalue weighted by Crippen LogP contribution is -2.66. The predicted molar refractivity (Wildman–Crippen MR) is 81.6 cm³/mol. The van der Waals surface area contributed by atoms with Crippen molar-refractivity contribution in [3.63, 3.8) is 0 Å². The Labute approximate surface area is 127 Å². The van der Waals surface area contributed by atoms with Crippen molar-refractivity contribution < 1.29 is 9.59 Å². The summed E-state index contributed by atoms with van der Waals surface area (Å²) in [6.07, 6.45) is 7.54. The highest BCUT2D eigenvalue weighted by atomic mass is 16.2. The summed E-state index contributed by atoms with van der Waals surface area (Å²) in [5.74, 6) is 0.594. The van der Waals surface area contributed by atoms with Gasteiger partial charge in [-0.3, -0.25) is 9.59 Å². The van der Waals surface area contributed by atoms with Gasteiger partial charge in [0, 0.05) is 6.04 Å². The van der Waals surface area contributed by atoms with E-state index in [4.69, 9.17) is 0 Å². The van der Waals surface area contributed by atoms with E-state index in [0.717, 1.165) is 19.3 Å². The molecule has 4 nitrogen and oxygen atoms in total. The number of piperazine rings is 1. The Hall–Kier alpha value is -1.06. The van der Waals surface area contributed by atoms with Crippen LogP contribution in [0.25, 0.3) is 0 Å². The summed E-state index contributed by atoms with van der Waals surface area (Å²) in [5, 5.41) is 3.05. The highest BCUT2D eigenvalue weighted by Crippen LogP contribution is 2.50. The smallest absolute Gasteiger partial charge is 0.246 e. The summed E-state index contributed by atoms with van der Waals surface area (Å²) in [6, 6.07) is -0.270. The van der Waals surface area contributed by atoms with Crippen LogP contribution in [0.5, 0.6) is 0 Å². The molecular weight excluding hydrogens is 264 g/mol. The highest BCUT2D eigenvalue weighted by Gasteiger charge is 2.56. The zero-order chi connectivity index (χ0) is 15.2. The average Bonchev–Trinajstić information content (AvgIpc) is 3.09. The molecule has 2 saturated carbocycles. The van der Waals surface area contributed by atoms with Crippen molar-refractivity contribution in [3.05, 3.63) is 0 Å². The number of carbonyl (C=O) groups is 2. The maximum absolute atomic E-state index is 13.0. The molecule has 0 aromatic rings. The van der Waals surface area contributed by atoms with E-state index < -0.39 is 0 Å². The molecule has 3 aliphatic rings. The van der Waals surface area contributed by atoms with Crippen molar-refractivity contribution in [3.8, 4) is 0 Å². The molecular formula is C17H28N2O2. The third-order valence-corrected chi connectivity index (χ3v) is 5.76. The van der Waals surface area contributed by atoms with Gasteiger partial charge in [0.25, 0.3) is 0 Å². The van der Waals surface area contributed by atoms with Gasteiger partial charge < -0.3 is 10.2 Å². The van der Waals surface area contributed by atoms with E-state index in [9.17, 15) is 9.59 Å². The number of nitrogens with zero attached hydrogens (tertiary/aromatic N) is 1. The van der Waals surface area contributed by atoms with Gasteiger partial charge in [0.15, 0.2) is 0 Å². The molecule has 3 rings (SSSR count). The van der Waals surface area contributed by atoms with E-state index in [1.165, 1.54) is 19.3 Å². The Morgan fingerprint density at radius 1 is 1.19 bits per heavy atom. The van der Waals surface area contributed by atoms with Gasteiger partial charge in [0.05, 0.1) is 0 Å². The summed E-state index contributed by atoms with van der Waals surface area (Å²) in [5.41, 5.74) is 0.178. The van der Waals surface area contributed by atoms with Gasteiger partial charge in [0.2, 0.25) is 11.8 Å². The molecule has 1 saturated heterocycles. The van der Waals surface area contributed by atoms with Gasteiger partial charge in [-0.2, -0.15) is 0 Å². The largest absolute Gasteiger partial charge is 0.342 e. The Balaban J connectivity index is 1.81. The van der Waals surface area contributed by atoms with Gasteiger partial charge in [0.1, 0.15) is 12.1 Å². The first-order valence-corrected chi connectivity index (χ1v) is 8.58. The standard InChI is InChI=1S/C17H28N2O2/c1-4-12-15(20)18-14(11-8-6-5-7-9-11)16(21)19(12)13-10-17(13,2)3/h11-14H,4-10H2,1-3H3,(H,18,20). The van der Waals surface area contributed by atoms with E-state index >= 15 is 0 Å². The zero-order valence-electron chi connectivity index (χ0n) is 13.5. The second-order valence-corrected chi connectivity index (χ2v) is 7.76. The molecule has 1 heterocycles. The first-order valence-electron chi connectivity index (χ1n) is 8.58. The second-order valence-electron chi connectivity index (χ2n) is 7.76. The lowest BCUT2D eigenvalue weighted by Gasteiger charge is -2.43. The van der Waals surface area contributed by atoms with Crippen LogP contribution in [0.4, 0.5) is 0 Å². The summed E-state index contributed by atoms with van der Waals surface area (Å²) >= 11 is 0. The molecule has 2 aliphatic carbocycles. The molecule has 0 aromatic carbocycles. The van der Waals surface area contributed by atoms with E-state index in [1.54, 1.807) is 0 Å². The van der Waals surface area contributed by atoms with Gasteiger partial charge in [-0.25, -0.2) is 0 Å². The van der Waals surface area contributed by atoms with Crippen LogP contribution in [-0.4, -0.2) is 34.8 Å². The fraction of sp³-hybridized carbons (Fsp3) is 0.882. The summed E-state index contributed by atoms with van der Waals surface area (Å²) in [7, 11) is 0. The minimum atomic E-state index is -0.267. The van der Waals surface area contributed by atoms with Gasteiger partial charge in [-0.15, -0.1) is 0 Å². The maximum Gasteiger partial charge on any atom is 0.246 e. The molecule has 1 N–H and O–H groups in total. The van der Waals surface area contributed by atoms with Crippen LogP contribution >= 0.6 is 0 Å². The molecule has 4 heteroatoms. The Kier molecular flexibility index (Phi) is 3.74. The lowest BCUT2D eigenvalue weighted by molar-refractivity contribution is -0.152. The minimum absolute atomic E-state index is 0.0652. The predicted octanol–water partition coefficient (Wildman–Crippen LogP) is 2.47. The van der Waals surface area contributed by atoms with Crippen LogP contribution in [0.2, 0.25) is 0 Å². The summed E-state index contributed by atoms with van der Waals surface area (Å²) in [4.78, 5) is 27.4. The van der Waals surface area contributed by atoms with Crippen LogP contribution in [0.1, 0.15) is 65.7 Å². The first kappa shape index (κ1) is 14.9. The van der Waals surface area contributed by atoms with Crippen molar-refractivity contribution in [1.82, 2.24) is 10.2 Å². The van der Waals surface area contributed by atoms with E-state index in [-0.39, 0.29) is 35.4 Å². The Morgan fingerprint density at radius 3 is 2.33 bits per heavy atom. The average molecular weight is 292 g/mol. The van der Waals surface area contributed by atoms with E-state index in [1.807, 2.05) is 11.8 Å². The molecule has 0 radical (unpaired) electrons.